The van der Waals surface area contributed by atoms with E-state index in [4.69, 9.17) is 10.7 Å². The van der Waals surface area contributed by atoms with Crippen LogP contribution in [0.25, 0.3) is 0 Å². The van der Waals surface area contributed by atoms with Crippen molar-refractivity contribution in [3.63, 3.8) is 0 Å². The summed E-state index contributed by atoms with van der Waals surface area (Å²) in [6, 6.07) is 0.114. The number of nitrogens with zero attached hydrogens (tertiary/aromatic N) is 2. The van der Waals surface area contributed by atoms with Gasteiger partial charge in [-0.05, 0) is 38.5 Å². The molecule has 1 saturated carbocycles. The number of anilines is 1. The fraction of sp³-hybridized carbons (Fsp3) is 0.769. The lowest BCUT2D eigenvalue weighted by molar-refractivity contribution is 0.494. The van der Waals surface area contributed by atoms with Gasteiger partial charge >= 0.3 is 0 Å². The molecule has 94 valence electrons. The van der Waals surface area contributed by atoms with Gasteiger partial charge < -0.3 is 10.6 Å². The third-order valence-electron chi connectivity index (χ3n) is 4.23. The summed E-state index contributed by atoms with van der Waals surface area (Å²) < 4.78 is 0. The van der Waals surface area contributed by atoms with Crippen molar-refractivity contribution >= 4 is 16.5 Å². The first kappa shape index (κ1) is 11.5. The molecule has 1 saturated heterocycles. The zero-order chi connectivity index (χ0) is 12.0. The third-order valence-corrected chi connectivity index (χ3v) is 5.65. The molecular formula is C13H21N3S. The Bertz CT molecular complexity index is 401. The maximum Gasteiger partial charge on any atom is 0.185 e. The van der Waals surface area contributed by atoms with Gasteiger partial charge in [0.1, 0.15) is 0 Å². The van der Waals surface area contributed by atoms with E-state index in [9.17, 15) is 0 Å². The summed E-state index contributed by atoms with van der Waals surface area (Å²) in [7, 11) is 0. The highest BCUT2D eigenvalue weighted by atomic mass is 32.1. The van der Waals surface area contributed by atoms with Crippen molar-refractivity contribution in [2.75, 3.05) is 18.0 Å². The summed E-state index contributed by atoms with van der Waals surface area (Å²) in [6.07, 6.45) is 4.28. The van der Waals surface area contributed by atoms with E-state index in [1.807, 2.05) is 6.92 Å². The predicted molar refractivity (Wildman–Crippen MR) is 72.5 cm³/mol. The summed E-state index contributed by atoms with van der Waals surface area (Å²) in [4.78, 5) is 8.44. The molecule has 3 nitrogen and oxygen atoms in total. The maximum absolute atomic E-state index is 5.97. The quantitative estimate of drug-likeness (QED) is 0.878. The molecule has 2 heterocycles. The molecule has 2 fully saturated rings. The summed E-state index contributed by atoms with van der Waals surface area (Å²) in [5.41, 5.74) is 7.09. The molecule has 0 amide bonds. The van der Waals surface area contributed by atoms with Crippen LogP contribution in [0.2, 0.25) is 0 Å². The van der Waals surface area contributed by atoms with Gasteiger partial charge in [-0.1, -0.05) is 6.42 Å². The number of rotatable bonds is 2. The van der Waals surface area contributed by atoms with E-state index in [0.717, 1.165) is 17.5 Å². The molecule has 3 atom stereocenters. The van der Waals surface area contributed by atoms with Crippen molar-refractivity contribution < 1.29 is 0 Å². The van der Waals surface area contributed by atoms with Crippen LogP contribution in [0.4, 0.5) is 5.13 Å². The minimum atomic E-state index is 0.114. The van der Waals surface area contributed by atoms with Gasteiger partial charge in [-0.15, -0.1) is 11.3 Å². The second-order valence-corrected chi connectivity index (χ2v) is 6.60. The van der Waals surface area contributed by atoms with Gasteiger partial charge in [-0.2, -0.15) is 0 Å². The molecule has 0 spiro atoms. The molecule has 3 rings (SSSR count). The van der Waals surface area contributed by atoms with E-state index in [1.165, 1.54) is 42.4 Å². The van der Waals surface area contributed by atoms with Crippen molar-refractivity contribution in [3.8, 4) is 0 Å². The topological polar surface area (TPSA) is 42.2 Å². The Balaban J connectivity index is 1.79. The summed E-state index contributed by atoms with van der Waals surface area (Å²) in [6.45, 7) is 6.56. The van der Waals surface area contributed by atoms with Gasteiger partial charge in [0.05, 0.1) is 5.69 Å². The molecule has 1 aromatic heterocycles. The van der Waals surface area contributed by atoms with Crippen LogP contribution in [0, 0.1) is 18.8 Å². The van der Waals surface area contributed by atoms with Crippen molar-refractivity contribution in [2.24, 2.45) is 17.6 Å². The van der Waals surface area contributed by atoms with Crippen molar-refractivity contribution in [2.45, 2.75) is 39.2 Å². The summed E-state index contributed by atoms with van der Waals surface area (Å²) >= 11 is 1.79. The van der Waals surface area contributed by atoms with E-state index in [2.05, 4.69) is 11.8 Å². The predicted octanol–water partition coefficient (Wildman–Crippen LogP) is 2.71. The van der Waals surface area contributed by atoms with Crippen LogP contribution >= 0.6 is 11.3 Å². The molecule has 3 unspecified atom stereocenters. The van der Waals surface area contributed by atoms with Crippen LogP contribution in [0.1, 0.15) is 42.8 Å². The Kier molecular flexibility index (Phi) is 2.87. The standard InChI is InChI=1S/C13H21N3S/c1-8(14)12-9(2)15-13(17-12)16-6-10-4-3-5-11(10)7-16/h8,10-11H,3-7,14H2,1-2H3. The van der Waals surface area contributed by atoms with Gasteiger partial charge in [-0.3, -0.25) is 0 Å². The Morgan fingerprint density at radius 2 is 2.00 bits per heavy atom. The van der Waals surface area contributed by atoms with Crippen molar-refractivity contribution in [1.29, 1.82) is 0 Å². The molecule has 1 aliphatic carbocycles. The van der Waals surface area contributed by atoms with Gasteiger partial charge in [-0.25, -0.2) is 4.98 Å². The molecule has 4 heteroatoms. The molecule has 0 radical (unpaired) electrons. The van der Waals surface area contributed by atoms with Crippen molar-refractivity contribution in [3.05, 3.63) is 10.6 Å². The monoisotopic (exact) mass is 251 g/mol. The smallest absolute Gasteiger partial charge is 0.185 e. The highest BCUT2D eigenvalue weighted by Crippen LogP contribution is 2.41. The van der Waals surface area contributed by atoms with Crippen LogP contribution in [0.5, 0.6) is 0 Å². The van der Waals surface area contributed by atoms with E-state index >= 15 is 0 Å². The average molecular weight is 251 g/mol. The zero-order valence-corrected chi connectivity index (χ0v) is 11.5. The summed E-state index contributed by atoms with van der Waals surface area (Å²) in [5.74, 6) is 1.86. The number of hydrogen-bond donors (Lipinski definition) is 1. The molecule has 2 aliphatic rings. The van der Waals surface area contributed by atoms with Crippen LogP contribution < -0.4 is 10.6 Å². The van der Waals surface area contributed by atoms with Crippen LogP contribution in [-0.4, -0.2) is 18.1 Å². The molecule has 17 heavy (non-hydrogen) atoms. The Morgan fingerprint density at radius 3 is 2.53 bits per heavy atom. The molecule has 0 aromatic carbocycles. The Morgan fingerprint density at radius 1 is 1.35 bits per heavy atom. The van der Waals surface area contributed by atoms with Crippen LogP contribution in [0.15, 0.2) is 0 Å². The lowest BCUT2D eigenvalue weighted by atomic mass is 10.0. The van der Waals surface area contributed by atoms with Gasteiger partial charge in [0.2, 0.25) is 0 Å². The molecule has 1 aromatic rings. The number of hydrogen-bond acceptors (Lipinski definition) is 4. The van der Waals surface area contributed by atoms with Crippen LogP contribution in [-0.2, 0) is 0 Å². The Labute approximate surface area is 107 Å². The molecule has 1 aliphatic heterocycles. The maximum atomic E-state index is 5.97. The van der Waals surface area contributed by atoms with Gasteiger partial charge in [0.25, 0.3) is 0 Å². The number of aryl methyl sites for hydroxylation is 1. The molecular weight excluding hydrogens is 230 g/mol. The number of nitrogens with two attached hydrogens (primary N) is 1. The normalized spacial score (nSPS) is 29.7. The van der Waals surface area contributed by atoms with E-state index < -0.39 is 0 Å². The SMILES string of the molecule is Cc1nc(N2CC3CCCC3C2)sc1C(C)N. The fourth-order valence-electron chi connectivity index (χ4n) is 3.34. The second kappa shape index (κ2) is 4.25. The number of fused-ring (bicyclic) bond motifs is 1. The highest BCUT2D eigenvalue weighted by Gasteiger charge is 2.37. The van der Waals surface area contributed by atoms with Crippen LogP contribution in [0.3, 0.4) is 0 Å². The van der Waals surface area contributed by atoms with E-state index in [0.29, 0.717) is 0 Å². The van der Waals surface area contributed by atoms with Gasteiger partial charge in [0, 0.05) is 24.0 Å². The Hall–Kier alpha value is -0.610. The van der Waals surface area contributed by atoms with E-state index in [-0.39, 0.29) is 6.04 Å². The minimum absolute atomic E-state index is 0.114. The lowest BCUT2D eigenvalue weighted by Gasteiger charge is -2.15. The molecule has 0 bridgehead atoms. The lowest BCUT2D eigenvalue weighted by Crippen LogP contribution is -2.20. The highest BCUT2D eigenvalue weighted by molar-refractivity contribution is 7.15. The zero-order valence-electron chi connectivity index (χ0n) is 10.6. The third kappa shape index (κ3) is 1.97. The first-order valence-corrected chi connectivity index (χ1v) is 7.44. The molecule has 2 N–H and O–H groups in total. The summed E-state index contributed by atoms with van der Waals surface area (Å²) in [5, 5.41) is 1.20. The number of thiazole rings is 1. The first-order chi connectivity index (χ1) is 8.15. The van der Waals surface area contributed by atoms with Gasteiger partial charge in [0.15, 0.2) is 5.13 Å². The minimum Gasteiger partial charge on any atom is -0.348 e. The first-order valence-electron chi connectivity index (χ1n) is 6.63. The largest absolute Gasteiger partial charge is 0.348 e. The fourth-order valence-corrected chi connectivity index (χ4v) is 4.38. The average Bonchev–Trinajstić information content (AvgIpc) is 2.88. The number of aromatic nitrogens is 1. The van der Waals surface area contributed by atoms with Crippen molar-refractivity contribution in [1.82, 2.24) is 4.98 Å². The van der Waals surface area contributed by atoms with E-state index in [1.54, 1.807) is 11.3 Å². The second-order valence-electron chi connectivity index (χ2n) is 5.59.